The minimum Gasteiger partial charge on any atom is -0.480 e. The molecule has 55 heavy (non-hydrogen) atoms. The zero-order valence-corrected chi connectivity index (χ0v) is 31.9. The molecule has 1 aliphatic carbocycles. The van der Waals surface area contributed by atoms with Gasteiger partial charge in [-0.3, -0.25) is 29.2 Å². The molecule has 3 heterocycles. The molecule has 0 radical (unpaired) electrons. The van der Waals surface area contributed by atoms with E-state index in [0.29, 0.717) is 38.6 Å². The Morgan fingerprint density at radius 2 is 1.56 bits per heavy atom. The molecule has 0 bridgehead atoms. The number of nitrogens with two attached hydrogens (primary N) is 4. The molecule has 5 rings (SSSR count). The number of rotatable bonds is 17. The molecule has 16 nitrogen and oxygen atoms in total. The molecule has 3 aliphatic rings. The minimum absolute atomic E-state index is 0.0152. The lowest BCUT2D eigenvalue weighted by Crippen LogP contribution is -2.61. The number of fused-ring (bicyclic) bond motifs is 2. The lowest BCUT2D eigenvalue weighted by atomic mass is 9.84. The molecule has 4 amide bonds. The van der Waals surface area contributed by atoms with Crippen LogP contribution in [0.2, 0.25) is 0 Å². The molecule has 2 aromatic rings. The van der Waals surface area contributed by atoms with Gasteiger partial charge in [0.1, 0.15) is 24.2 Å². The first-order valence-electron chi connectivity index (χ1n) is 19.1. The Kier molecular flexibility index (Phi) is 14.5. The van der Waals surface area contributed by atoms with Crippen molar-refractivity contribution in [3.63, 3.8) is 0 Å². The maximum Gasteiger partial charge on any atom is 0.326 e. The maximum absolute atomic E-state index is 15.1. The molecule has 2 fully saturated rings. The standard InChI is InChI=1S/C38H54N10O6S/c39-37(40)43-16-6-5-15-32(49)45-28(21-26-12-8-18-55-26)34(51)47-22-25-11-2-1-9-23(25)19-31(47)35(52)48-29-14-4-3-10-24(29)20-30(48)33(50)46-27(36(53)54)13-7-17-44-38(41)42/h1-2,8-9,11-12,18,24,27-31H,3-7,10,13-17,19-22H2,(H,45,49)(H,46,50)(H,53,54)(H4,39,40,43)(H4,41,42,44)/t24?,27-,28-,29?,30-,31-/m0/s1. The molecular formula is C38H54N10O6S. The number of carboxylic acid groups (broad SMARTS) is 1. The zero-order valence-electron chi connectivity index (χ0n) is 31.1. The summed E-state index contributed by atoms with van der Waals surface area (Å²) in [5.41, 5.74) is 23.5. The topological polar surface area (TPSA) is 265 Å². The first-order valence-corrected chi connectivity index (χ1v) is 20.0. The van der Waals surface area contributed by atoms with Gasteiger partial charge in [0.25, 0.3) is 0 Å². The van der Waals surface area contributed by atoms with Gasteiger partial charge >= 0.3 is 5.97 Å². The highest BCUT2D eigenvalue weighted by Crippen LogP contribution is 2.41. The summed E-state index contributed by atoms with van der Waals surface area (Å²) >= 11 is 1.48. The first kappa shape index (κ1) is 41.0. The average molecular weight is 779 g/mol. The molecule has 1 saturated heterocycles. The van der Waals surface area contributed by atoms with Gasteiger partial charge in [0, 0.05) is 49.8 Å². The summed E-state index contributed by atoms with van der Waals surface area (Å²) in [6, 6.07) is 7.23. The van der Waals surface area contributed by atoms with E-state index < -0.39 is 36.0 Å². The number of amides is 4. The van der Waals surface area contributed by atoms with Gasteiger partial charge in [-0.1, -0.05) is 43.2 Å². The lowest BCUT2D eigenvalue weighted by molar-refractivity contribution is -0.153. The number of nitrogens with one attached hydrogen (secondary N) is 2. The largest absolute Gasteiger partial charge is 0.480 e. The van der Waals surface area contributed by atoms with Gasteiger partial charge in [-0.25, -0.2) is 4.79 Å². The van der Waals surface area contributed by atoms with Crippen LogP contribution in [-0.4, -0.2) is 99.7 Å². The van der Waals surface area contributed by atoms with Crippen LogP contribution < -0.4 is 33.6 Å². The van der Waals surface area contributed by atoms with Gasteiger partial charge in [-0.05, 0) is 73.4 Å². The Morgan fingerprint density at radius 3 is 2.25 bits per heavy atom. The summed E-state index contributed by atoms with van der Waals surface area (Å²) in [5, 5.41) is 17.5. The second-order valence-electron chi connectivity index (χ2n) is 14.6. The number of thiophene rings is 1. The summed E-state index contributed by atoms with van der Waals surface area (Å²) in [7, 11) is 0. The molecule has 11 N–H and O–H groups in total. The fourth-order valence-electron chi connectivity index (χ4n) is 8.09. The molecule has 1 aromatic carbocycles. The molecule has 298 valence electrons. The van der Waals surface area contributed by atoms with Crippen molar-refractivity contribution in [2.45, 2.75) is 114 Å². The molecule has 2 unspecified atom stereocenters. The Labute approximate surface area is 325 Å². The molecular weight excluding hydrogens is 725 g/mol. The Balaban J connectivity index is 1.41. The molecule has 2 aliphatic heterocycles. The van der Waals surface area contributed by atoms with E-state index in [1.807, 2.05) is 41.8 Å². The fourth-order valence-corrected chi connectivity index (χ4v) is 8.84. The van der Waals surface area contributed by atoms with Crippen molar-refractivity contribution in [3.8, 4) is 0 Å². The normalized spacial score (nSPS) is 21.3. The third-order valence-electron chi connectivity index (χ3n) is 10.7. The van der Waals surface area contributed by atoms with Crippen LogP contribution in [0.1, 0.15) is 80.2 Å². The average Bonchev–Trinajstić information content (AvgIpc) is 3.82. The van der Waals surface area contributed by atoms with Crippen molar-refractivity contribution < 1.29 is 29.1 Å². The van der Waals surface area contributed by atoms with Crippen molar-refractivity contribution >= 4 is 52.9 Å². The number of carbonyl (C=O) groups is 5. The number of aliphatic carboxylic acids is 1. The van der Waals surface area contributed by atoms with Gasteiger partial charge in [-0.15, -0.1) is 11.3 Å². The number of nitrogens with zero attached hydrogens (tertiary/aromatic N) is 4. The molecule has 1 saturated carbocycles. The Hall–Kier alpha value is -5.19. The van der Waals surface area contributed by atoms with Gasteiger partial charge in [0.05, 0.1) is 0 Å². The number of carboxylic acids is 1. The third-order valence-corrected chi connectivity index (χ3v) is 11.6. The summed E-state index contributed by atoms with van der Waals surface area (Å²) in [4.78, 5) is 81.4. The van der Waals surface area contributed by atoms with E-state index in [1.54, 1.807) is 9.80 Å². The van der Waals surface area contributed by atoms with Crippen molar-refractivity contribution in [2.75, 3.05) is 13.1 Å². The minimum atomic E-state index is -1.20. The second-order valence-corrected chi connectivity index (χ2v) is 15.6. The SMILES string of the molecule is NC(N)=NCCCCC(=O)N[C@@H](Cc1cccs1)C(=O)N1Cc2ccccc2C[C@H]1C(=O)N1C2CCCCC2C[C@H]1C(=O)N[C@@H](CCCN=C(N)N)C(=O)O. The Bertz CT molecular complexity index is 1730. The van der Waals surface area contributed by atoms with Crippen LogP contribution in [0.5, 0.6) is 0 Å². The number of hydrogen-bond donors (Lipinski definition) is 7. The van der Waals surface area contributed by atoms with Crippen LogP contribution in [-0.2, 0) is 43.4 Å². The molecule has 6 atom stereocenters. The van der Waals surface area contributed by atoms with E-state index >= 15 is 4.79 Å². The number of guanidine groups is 2. The fraction of sp³-hybridized carbons (Fsp3) is 0.553. The monoisotopic (exact) mass is 778 g/mol. The number of unbranched alkanes of at least 4 members (excludes halogenated alkanes) is 1. The predicted octanol–water partition coefficient (Wildman–Crippen LogP) is 0.955. The number of carbonyl (C=O) groups excluding carboxylic acids is 4. The first-order chi connectivity index (χ1) is 26.4. The summed E-state index contributed by atoms with van der Waals surface area (Å²) in [5.74, 6) is -2.82. The number of benzene rings is 1. The molecule has 0 spiro atoms. The molecule has 17 heteroatoms. The third kappa shape index (κ3) is 11.0. The van der Waals surface area contributed by atoms with Crippen molar-refractivity contribution in [2.24, 2.45) is 38.8 Å². The van der Waals surface area contributed by atoms with Crippen LogP contribution in [0, 0.1) is 5.92 Å². The number of hydrogen-bond acceptors (Lipinski definition) is 8. The van der Waals surface area contributed by atoms with Crippen molar-refractivity contribution in [3.05, 3.63) is 57.8 Å². The summed E-state index contributed by atoms with van der Waals surface area (Å²) < 4.78 is 0. The van der Waals surface area contributed by atoms with Gasteiger partial charge in [0.15, 0.2) is 11.9 Å². The Morgan fingerprint density at radius 1 is 0.855 bits per heavy atom. The van der Waals surface area contributed by atoms with E-state index in [2.05, 4.69) is 20.6 Å². The maximum atomic E-state index is 15.1. The quantitative estimate of drug-likeness (QED) is 0.0679. The highest BCUT2D eigenvalue weighted by Gasteiger charge is 2.51. The smallest absolute Gasteiger partial charge is 0.326 e. The van der Waals surface area contributed by atoms with E-state index in [0.717, 1.165) is 35.3 Å². The highest BCUT2D eigenvalue weighted by atomic mass is 32.1. The van der Waals surface area contributed by atoms with Crippen LogP contribution in [0.15, 0.2) is 51.8 Å². The second kappa shape index (κ2) is 19.4. The van der Waals surface area contributed by atoms with Crippen LogP contribution in [0.25, 0.3) is 0 Å². The van der Waals surface area contributed by atoms with E-state index in [4.69, 9.17) is 22.9 Å². The summed E-state index contributed by atoms with van der Waals surface area (Å²) in [6.45, 7) is 0.745. The molecule has 1 aromatic heterocycles. The summed E-state index contributed by atoms with van der Waals surface area (Å²) in [6.07, 6.45) is 5.98. The van der Waals surface area contributed by atoms with E-state index in [-0.39, 0.29) is 80.4 Å². The van der Waals surface area contributed by atoms with E-state index in [9.17, 15) is 24.3 Å². The lowest BCUT2D eigenvalue weighted by Gasteiger charge is -2.42. The zero-order chi connectivity index (χ0) is 39.5. The van der Waals surface area contributed by atoms with Gasteiger partial charge < -0.3 is 48.5 Å². The predicted molar refractivity (Wildman–Crippen MR) is 209 cm³/mol. The van der Waals surface area contributed by atoms with Crippen LogP contribution in [0.4, 0.5) is 0 Å². The highest BCUT2D eigenvalue weighted by molar-refractivity contribution is 7.09. The van der Waals surface area contributed by atoms with Crippen molar-refractivity contribution in [1.82, 2.24) is 20.4 Å². The van der Waals surface area contributed by atoms with Crippen molar-refractivity contribution in [1.29, 1.82) is 0 Å². The number of aliphatic imine (C=N–C) groups is 2. The van der Waals surface area contributed by atoms with Gasteiger partial charge in [-0.2, -0.15) is 0 Å². The number of likely N-dealkylation sites (tertiary alicyclic amines) is 1. The van der Waals surface area contributed by atoms with Crippen LogP contribution >= 0.6 is 11.3 Å². The van der Waals surface area contributed by atoms with E-state index in [1.165, 1.54) is 11.3 Å². The van der Waals surface area contributed by atoms with Gasteiger partial charge in [0.2, 0.25) is 23.6 Å². The van der Waals surface area contributed by atoms with Crippen LogP contribution in [0.3, 0.4) is 0 Å².